The quantitative estimate of drug-likeness (QED) is 0.0690. The zero-order valence-electron chi connectivity index (χ0n) is 19.1. The van der Waals surface area contributed by atoms with E-state index in [1.54, 1.807) is 15.7 Å². The van der Waals surface area contributed by atoms with Gasteiger partial charge in [0.1, 0.15) is 18.3 Å². The summed E-state index contributed by atoms with van der Waals surface area (Å²) in [7, 11) is -13.5. The lowest BCUT2D eigenvalue weighted by Gasteiger charge is -2.25. The molecule has 2 saturated heterocycles. The van der Waals surface area contributed by atoms with Crippen molar-refractivity contribution < 1.29 is 65.4 Å². The highest BCUT2D eigenvalue weighted by Crippen LogP contribution is 2.66. The van der Waals surface area contributed by atoms with Crippen molar-refractivity contribution in [2.75, 3.05) is 12.5 Å². The van der Waals surface area contributed by atoms with E-state index in [2.05, 4.69) is 13.9 Å². The van der Waals surface area contributed by atoms with Crippen LogP contribution in [0.1, 0.15) is 27.2 Å². The van der Waals surface area contributed by atoms with E-state index in [4.69, 9.17) is 28.5 Å². The van der Waals surface area contributed by atoms with Gasteiger partial charge in [0.25, 0.3) is 0 Å². The van der Waals surface area contributed by atoms with Crippen molar-refractivity contribution in [2.45, 2.75) is 62.8 Å². The van der Waals surface area contributed by atoms with Crippen molar-refractivity contribution in [3.05, 3.63) is 12.3 Å². The largest absolute Gasteiger partial charge is 0.490 e. The maximum Gasteiger partial charge on any atom is 0.490 e. The first kappa shape index (κ1) is 30.5. The van der Waals surface area contributed by atoms with Gasteiger partial charge in [0.05, 0.1) is 12.7 Å². The van der Waals surface area contributed by atoms with Gasteiger partial charge in [0, 0.05) is 23.4 Å². The molecule has 4 unspecified atom stereocenters. The molecule has 208 valence electrons. The topological polar surface area (TPSA) is 223 Å². The molecule has 0 saturated carbocycles. The fraction of sp³-hybridized carbons (Fsp3) is 0.800. The first-order chi connectivity index (χ1) is 16.4. The molecule has 0 radical (unpaired) electrons. The lowest BCUT2D eigenvalue weighted by atomic mass is 10.2. The summed E-state index contributed by atoms with van der Waals surface area (Å²) in [4.78, 5) is 49.7. The van der Waals surface area contributed by atoms with Gasteiger partial charge in [0.2, 0.25) is 5.91 Å². The van der Waals surface area contributed by atoms with Gasteiger partial charge in [0.15, 0.2) is 12.5 Å². The second-order valence-electron chi connectivity index (χ2n) is 8.61. The summed E-state index contributed by atoms with van der Waals surface area (Å²) >= 11 is 0. The van der Waals surface area contributed by atoms with Crippen molar-refractivity contribution >= 4 is 51.0 Å². The molecule has 3 aliphatic heterocycles. The van der Waals surface area contributed by atoms with Crippen LogP contribution in [0, 0.1) is 0 Å². The van der Waals surface area contributed by atoms with Gasteiger partial charge >= 0.3 is 23.5 Å². The maximum absolute atomic E-state index is 12.1. The first-order valence-corrected chi connectivity index (χ1v) is 17.0. The van der Waals surface area contributed by atoms with Gasteiger partial charge in [-0.1, -0.05) is 42.4 Å². The van der Waals surface area contributed by atoms with Crippen LogP contribution < -0.4 is 5.32 Å². The first-order valence-electron chi connectivity index (χ1n) is 10.2. The summed E-state index contributed by atoms with van der Waals surface area (Å²) in [6, 6.07) is 0. The number of hydrogen-bond acceptors (Lipinski definition) is 13. The normalized spacial score (nSPS) is 31.8. The smallest absolute Gasteiger partial charge is 0.364 e. The highest BCUT2D eigenvalue weighted by Gasteiger charge is 2.51. The lowest BCUT2D eigenvalue weighted by Crippen LogP contribution is -2.35. The van der Waals surface area contributed by atoms with E-state index in [-0.39, 0.29) is 23.0 Å². The third-order valence-corrected chi connectivity index (χ3v) is 11.2. The molecule has 0 aromatic heterocycles. The standard InChI is InChI=1S/C15H27N2O14P3S2/c1-15(2,3)36-35-8-26-9-6-12(17-5-4-11(18)16-13-14(17)29-13)28-10(9)7-27-33(22,23)31-34(24,25)30-32(19,20)21/h4-5,9-10,12-14H,6-8H2,1-3H3,(H,16,18)(H,22,23)(H,24,25)(H2,19,20,21)/t9-,10-,12-,13?,14?/m1/s1. The lowest BCUT2D eigenvalue weighted by molar-refractivity contribution is -0.117. The Morgan fingerprint density at radius 3 is 2.47 bits per heavy atom. The van der Waals surface area contributed by atoms with E-state index in [1.165, 1.54) is 23.1 Å². The van der Waals surface area contributed by atoms with E-state index in [0.29, 0.717) is 0 Å². The number of ether oxygens (including phenoxy) is 3. The SMILES string of the molecule is CC(C)(C)SSCO[C@@H]1C[C@H](N2C=CC(=O)NC3OC32)O[C@@H]1COP(=O)(O)OP(=O)(O)OP(=O)(O)O. The minimum atomic E-state index is -5.65. The summed E-state index contributed by atoms with van der Waals surface area (Å²) in [6.07, 6.45) is -0.303. The van der Waals surface area contributed by atoms with Gasteiger partial charge < -0.3 is 44.0 Å². The second kappa shape index (κ2) is 11.6. The number of epoxide rings is 1. The molecule has 0 bridgehead atoms. The number of phosphoric ester groups is 1. The highest BCUT2D eigenvalue weighted by molar-refractivity contribution is 8.77. The van der Waals surface area contributed by atoms with Crippen LogP contribution in [0.15, 0.2) is 12.3 Å². The Bertz CT molecular complexity index is 989. The number of hydrogen-bond donors (Lipinski definition) is 5. The molecule has 1 amide bonds. The fourth-order valence-electron chi connectivity index (χ4n) is 3.12. The van der Waals surface area contributed by atoms with Crippen LogP contribution in [0.3, 0.4) is 0 Å². The summed E-state index contributed by atoms with van der Waals surface area (Å²) in [5.41, 5.74) is 0. The number of nitrogens with zero attached hydrogens (tertiary/aromatic N) is 1. The summed E-state index contributed by atoms with van der Waals surface area (Å²) in [5.74, 6) is -0.122. The summed E-state index contributed by atoms with van der Waals surface area (Å²) in [5, 5.41) is 2.62. The molecule has 3 rings (SSSR count). The Labute approximate surface area is 214 Å². The van der Waals surface area contributed by atoms with E-state index in [9.17, 15) is 28.3 Å². The fourth-order valence-corrected chi connectivity index (χ4v) is 8.15. The summed E-state index contributed by atoms with van der Waals surface area (Å²) < 4.78 is 63.8. The number of carbonyl (C=O) groups is 1. The van der Waals surface area contributed by atoms with E-state index in [0.717, 1.165) is 0 Å². The average molecular weight is 616 g/mol. The highest BCUT2D eigenvalue weighted by atomic mass is 33.1. The minimum Gasteiger partial charge on any atom is -0.364 e. The van der Waals surface area contributed by atoms with Crippen LogP contribution in [-0.4, -0.2) is 78.6 Å². The molecule has 0 aromatic carbocycles. The number of phosphoric acid groups is 3. The van der Waals surface area contributed by atoms with Crippen LogP contribution in [0.5, 0.6) is 0 Å². The molecule has 5 N–H and O–H groups in total. The number of fused-ring (bicyclic) bond motifs is 1. The average Bonchev–Trinajstić information content (AvgIpc) is 3.31. The molecular weight excluding hydrogens is 589 g/mol. The third-order valence-electron chi connectivity index (χ3n) is 4.41. The van der Waals surface area contributed by atoms with Gasteiger partial charge in [-0.25, -0.2) is 13.7 Å². The van der Waals surface area contributed by atoms with Crippen LogP contribution in [-0.2, 0) is 45.8 Å². The maximum atomic E-state index is 12.1. The molecule has 36 heavy (non-hydrogen) atoms. The van der Waals surface area contributed by atoms with Gasteiger partial charge in [-0.3, -0.25) is 9.32 Å². The zero-order valence-corrected chi connectivity index (χ0v) is 23.5. The molecule has 0 spiro atoms. The molecule has 7 atom stereocenters. The van der Waals surface area contributed by atoms with Gasteiger partial charge in [-0.05, 0) is 0 Å². The van der Waals surface area contributed by atoms with E-state index < -0.39 is 61.0 Å². The number of amides is 1. The molecule has 3 aliphatic rings. The van der Waals surface area contributed by atoms with Gasteiger partial charge in [-0.2, -0.15) is 8.62 Å². The van der Waals surface area contributed by atoms with Crippen LogP contribution in [0.25, 0.3) is 0 Å². The molecule has 21 heteroatoms. The van der Waals surface area contributed by atoms with Crippen molar-refractivity contribution in [3.63, 3.8) is 0 Å². The van der Waals surface area contributed by atoms with Crippen molar-refractivity contribution in [2.24, 2.45) is 0 Å². The predicted molar refractivity (Wildman–Crippen MR) is 126 cm³/mol. The Morgan fingerprint density at radius 2 is 1.83 bits per heavy atom. The van der Waals surface area contributed by atoms with E-state index in [1.807, 2.05) is 20.8 Å². The molecule has 0 aromatic rings. The number of carbonyl (C=O) groups excluding carboxylic acids is 1. The van der Waals surface area contributed by atoms with Crippen molar-refractivity contribution in [1.29, 1.82) is 0 Å². The Morgan fingerprint density at radius 1 is 1.14 bits per heavy atom. The predicted octanol–water partition coefficient (Wildman–Crippen LogP) is 1.60. The van der Waals surface area contributed by atoms with Crippen LogP contribution in [0.2, 0.25) is 0 Å². The Hall–Kier alpha value is -0.0000000000000000971. The van der Waals surface area contributed by atoms with Gasteiger partial charge in [-0.15, -0.1) is 0 Å². The molecule has 2 fully saturated rings. The minimum absolute atomic E-state index is 0.0335. The molecule has 0 aliphatic carbocycles. The number of rotatable bonds is 12. The molecular formula is C15H27N2O14P3S2. The van der Waals surface area contributed by atoms with E-state index >= 15 is 0 Å². The Balaban J connectivity index is 1.63. The Kier molecular flexibility index (Phi) is 9.86. The van der Waals surface area contributed by atoms with Crippen LogP contribution >= 0.6 is 45.1 Å². The summed E-state index contributed by atoms with van der Waals surface area (Å²) in [6.45, 7) is 5.42. The zero-order chi connectivity index (χ0) is 26.9. The van der Waals surface area contributed by atoms with Crippen LogP contribution in [0.4, 0.5) is 0 Å². The third kappa shape index (κ3) is 9.95. The molecule has 3 heterocycles. The van der Waals surface area contributed by atoms with Crippen molar-refractivity contribution in [3.8, 4) is 0 Å². The second-order valence-corrected chi connectivity index (χ2v) is 16.1. The molecule has 16 nitrogen and oxygen atoms in total. The van der Waals surface area contributed by atoms with Crippen molar-refractivity contribution in [1.82, 2.24) is 10.2 Å². The monoisotopic (exact) mass is 616 g/mol. The number of nitrogens with one attached hydrogen (secondary N) is 1.